The number of nitrogens with zero attached hydrogens (tertiary/aromatic N) is 2. The predicted molar refractivity (Wildman–Crippen MR) is 66.1 cm³/mol. The third-order valence-corrected chi connectivity index (χ3v) is 3.39. The van der Waals surface area contributed by atoms with Gasteiger partial charge in [0.15, 0.2) is 0 Å². The minimum absolute atomic E-state index is 0.992. The monoisotopic (exact) mass is 276 g/mol. The highest BCUT2D eigenvalue weighted by Gasteiger charge is 2.01. The number of unbranched alkanes of at least 4 members (excludes halogenated alkanes) is 2. The Labute approximate surface area is 98.5 Å². The summed E-state index contributed by atoms with van der Waals surface area (Å²) < 4.78 is 0. The summed E-state index contributed by atoms with van der Waals surface area (Å²) in [7, 11) is 2.16. The zero-order valence-corrected chi connectivity index (χ0v) is 11.0. The molecule has 0 N–H and O–H groups in total. The molecule has 0 unspecified atom stereocenters. The molecule has 0 radical (unpaired) electrons. The van der Waals surface area contributed by atoms with E-state index in [0.29, 0.717) is 0 Å². The molecule has 80 valence electrons. The largest absolute Gasteiger partial charge is 0.300 e. The second kappa shape index (κ2) is 7.37. The van der Waals surface area contributed by atoms with Crippen LogP contribution in [0.1, 0.15) is 24.3 Å². The molecule has 0 aliphatic heterocycles. The molecule has 0 saturated heterocycles. The lowest BCUT2D eigenvalue weighted by atomic mass is 10.2. The Kier molecular flexibility index (Phi) is 6.39. The molecular weight excluding hydrogens is 260 g/mol. The van der Waals surface area contributed by atoms with Gasteiger partial charge in [-0.25, -0.2) is 4.98 Å². The number of aromatic nitrogens is 1. The topological polar surface area (TPSA) is 16.1 Å². The van der Waals surface area contributed by atoms with Crippen molar-refractivity contribution in [2.75, 3.05) is 18.9 Å². The van der Waals surface area contributed by atoms with Crippen molar-refractivity contribution in [3.05, 3.63) is 16.6 Å². The van der Waals surface area contributed by atoms with Crippen molar-refractivity contribution in [3.63, 3.8) is 0 Å². The van der Waals surface area contributed by atoms with Crippen LogP contribution in [0.15, 0.2) is 11.6 Å². The maximum Gasteiger partial charge on any atom is 0.107 e. The molecule has 1 heterocycles. The van der Waals surface area contributed by atoms with Crippen LogP contribution in [0, 0.1) is 0 Å². The highest BCUT2D eigenvalue weighted by Crippen LogP contribution is 2.08. The fourth-order valence-corrected chi connectivity index (χ4v) is 2.39. The fraction of sp³-hybridized carbons (Fsp3) is 0.700. The van der Waals surface area contributed by atoms with Gasteiger partial charge in [0, 0.05) is 16.9 Å². The lowest BCUT2D eigenvalue weighted by Gasteiger charge is -2.14. The van der Waals surface area contributed by atoms with E-state index in [0.717, 1.165) is 11.9 Å². The van der Waals surface area contributed by atoms with Gasteiger partial charge in [0.1, 0.15) is 5.01 Å². The van der Waals surface area contributed by atoms with Crippen LogP contribution < -0.4 is 0 Å². The zero-order chi connectivity index (χ0) is 10.2. The van der Waals surface area contributed by atoms with Gasteiger partial charge in [-0.15, -0.1) is 11.3 Å². The molecule has 1 aromatic heterocycles. The molecule has 0 aliphatic carbocycles. The Morgan fingerprint density at radius 3 is 2.93 bits per heavy atom. The molecule has 14 heavy (non-hydrogen) atoms. The second-order valence-corrected chi connectivity index (χ2v) is 5.19. The Hall–Kier alpha value is 0.0700. The summed E-state index contributed by atoms with van der Waals surface area (Å²) in [6, 6.07) is 0. The molecule has 4 heteroatoms. The third kappa shape index (κ3) is 5.08. The summed E-state index contributed by atoms with van der Waals surface area (Å²) in [4.78, 5) is 6.61. The normalized spacial score (nSPS) is 11.1. The summed E-state index contributed by atoms with van der Waals surface area (Å²) in [6.45, 7) is 2.17. The van der Waals surface area contributed by atoms with Gasteiger partial charge in [0.25, 0.3) is 0 Å². The highest BCUT2D eigenvalue weighted by atomic mass is 79.9. The molecule has 0 atom stereocenters. The van der Waals surface area contributed by atoms with Gasteiger partial charge < -0.3 is 0 Å². The van der Waals surface area contributed by atoms with Crippen LogP contribution in [0.2, 0.25) is 0 Å². The molecule has 1 rings (SSSR count). The van der Waals surface area contributed by atoms with Gasteiger partial charge in [0.05, 0.1) is 6.54 Å². The second-order valence-electron chi connectivity index (χ2n) is 3.41. The number of halogens is 1. The van der Waals surface area contributed by atoms with Crippen molar-refractivity contribution >= 4 is 27.3 Å². The van der Waals surface area contributed by atoms with Crippen LogP contribution in [-0.4, -0.2) is 28.8 Å². The summed E-state index contributed by atoms with van der Waals surface area (Å²) >= 11 is 5.18. The highest BCUT2D eigenvalue weighted by molar-refractivity contribution is 9.09. The quantitative estimate of drug-likeness (QED) is 0.562. The number of thiazole rings is 1. The maximum atomic E-state index is 4.27. The number of rotatable bonds is 7. The predicted octanol–water partition coefficient (Wildman–Crippen LogP) is 3.14. The van der Waals surface area contributed by atoms with E-state index in [1.807, 2.05) is 11.6 Å². The first-order valence-corrected chi connectivity index (χ1v) is 6.96. The van der Waals surface area contributed by atoms with E-state index in [2.05, 4.69) is 32.9 Å². The van der Waals surface area contributed by atoms with Gasteiger partial charge in [-0.1, -0.05) is 22.4 Å². The zero-order valence-electron chi connectivity index (χ0n) is 8.58. The lowest BCUT2D eigenvalue weighted by molar-refractivity contribution is 0.318. The van der Waals surface area contributed by atoms with Crippen molar-refractivity contribution < 1.29 is 0 Å². The van der Waals surface area contributed by atoms with E-state index in [4.69, 9.17) is 0 Å². The molecule has 0 fully saturated rings. The molecule has 0 aromatic carbocycles. The maximum absolute atomic E-state index is 4.27. The Balaban J connectivity index is 2.07. The van der Waals surface area contributed by atoms with Crippen LogP contribution >= 0.6 is 27.3 Å². The van der Waals surface area contributed by atoms with Crippen molar-refractivity contribution in [2.45, 2.75) is 25.8 Å². The first-order valence-electron chi connectivity index (χ1n) is 4.96. The molecule has 0 amide bonds. The molecule has 0 aliphatic rings. The van der Waals surface area contributed by atoms with Crippen LogP contribution in [0.25, 0.3) is 0 Å². The number of hydrogen-bond acceptors (Lipinski definition) is 3. The van der Waals surface area contributed by atoms with Gasteiger partial charge in [-0.2, -0.15) is 0 Å². The smallest absolute Gasteiger partial charge is 0.107 e. The molecule has 0 saturated carbocycles. The molecule has 1 aromatic rings. The molecule has 2 nitrogen and oxygen atoms in total. The fourth-order valence-electron chi connectivity index (χ4n) is 1.29. The summed E-state index contributed by atoms with van der Waals surface area (Å²) in [5.74, 6) is 0. The van der Waals surface area contributed by atoms with Crippen LogP contribution in [0.5, 0.6) is 0 Å². The van der Waals surface area contributed by atoms with E-state index in [-0.39, 0.29) is 0 Å². The minimum atomic E-state index is 0.992. The number of alkyl halides is 1. The van der Waals surface area contributed by atoms with Gasteiger partial charge in [-0.05, 0) is 26.4 Å². The SMILES string of the molecule is CN(CCCCCBr)Cc1nccs1. The Morgan fingerprint density at radius 1 is 1.43 bits per heavy atom. The van der Waals surface area contributed by atoms with Crippen molar-refractivity contribution in [2.24, 2.45) is 0 Å². The number of hydrogen-bond donors (Lipinski definition) is 0. The van der Waals surface area contributed by atoms with Crippen LogP contribution in [0.4, 0.5) is 0 Å². The average molecular weight is 277 g/mol. The van der Waals surface area contributed by atoms with E-state index < -0.39 is 0 Å². The van der Waals surface area contributed by atoms with Crippen molar-refractivity contribution in [3.8, 4) is 0 Å². The van der Waals surface area contributed by atoms with Gasteiger partial charge >= 0.3 is 0 Å². The summed E-state index contributed by atoms with van der Waals surface area (Å²) in [5.41, 5.74) is 0. The van der Waals surface area contributed by atoms with Crippen LogP contribution in [-0.2, 0) is 6.54 Å². The minimum Gasteiger partial charge on any atom is -0.300 e. The first kappa shape index (κ1) is 12.1. The molecule has 0 spiro atoms. The third-order valence-electron chi connectivity index (χ3n) is 2.06. The van der Waals surface area contributed by atoms with Gasteiger partial charge in [0.2, 0.25) is 0 Å². The average Bonchev–Trinajstić information content (AvgIpc) is 2.65. The van der Waals surface area contributed by atoms with E-state index in [1.165, 1.54) is 30.8 Å². The Morgan fingerprint density at radius 2 is 2.29 bits per heavy atom. The lowest BCUT2D eigenvalue weighted by Crippen LogP contribution is -2.18. The Bertz CT molecular complexity index is 226. The molecular formula is C10H17BrN2S. The molecule has 0 bridgehead atoms. The van der Waals surface area contributed by atoms with E-state index >= 15 is 0 Å². The van der Waals surface area contributed by atoms with Crippen LogP contribution in [0.3, 0.4) is 0 Å². The van der Waals surface area contributed by atoms with E-state index in [9.17, 15) is 0 Å². The van der Waals surface area contributed by atoms with Gasteiger partial charge in [-0.3, -0.25) is 4.90 Å². The van der Waals surface area contributed by atoms with Crippen molar-refractivity contribution in [1.82, 2.24) is 9.88 Å². The first-order chi connectivity index (χ1) is 6.83. The summed E-state index contributed by atoms with van der Waals surface area (Å²) in [5, 5.41) is 4.38. The van der Waals surface area contributed by atoms with E-state index in [1.54, 1.807) is 11.3 Å². The summed E-state index contributed by atoms with van der Waals surface area (Å²) in [6.07, 6.45) is 5.75. The standard InChI is InChI=1S/C10H17BrN2S/c1-13(7-4-2-3-5-11)9-10-12-6-8-14-10/h6,8H,2-5,7,9H2,1H3. The van der Waals surface area contributed by atoms with Crippen molar-refractivity contribution in [1.29, 1.82) is 0 Å².